The molecule has 2 amide bonds. The minimum Gasteiger partial charge on any atom is -0.493 e. The van der Waals surface area contributed by atoms with E-state index in [0.29, 0.717) is 24.5 Å². The molecule has 3 aromatic carbocycles. The Labute approximate surface area is 207 Å². The Kier molecular flexibility index (Phi) is 9.30. The number of amides is 2. The van der Waals surface area contributed by atoms with E-state index in [1.807, 2.05) is 87.5 Å². The topological polar surface area (TPSA) is 67.9 Å². The molecule has 0 aliphatic heterocycles. The van der Waals surface area contributed by atoms with E-state index in [9.17, 15) is 9.59 Å². The van der Waals surface area contributed by atoms with Gasteiger partial charge in [0.05, 0.1) is 7.11 Å². The maximum absolute atomic E-state index is 13.6. The van der Waals surface area contributed by atoms with Crippen molar-refractivity contribution >= 4 is 11.8 Å². The highest BCUT2D eigenvalue weighted by atomic mass is 16.5. The van der Waals surface area contributed by atoms with Crippen LogP contribution in [-0.4, -0.2) is 42.5 Å². The van der Waals surface area contributed by atoms with E-state index >= 15 is 0 Å². The van der Waals surface area contributed by atoms with Crippen molar-refractivity contribution in [2.75, 3.05) is 13.7 Å². The van der Waals surface area contributed by atoms with Gasteiger partial charge in [-0.25, -0.2) is 0 Å². The third kappa shape index (κ3) is 7.34. The largest absolute Gasteiger partial charge is 0.493 e. The smallest absolute Gasteiger partial charge is 0.261 e. The minimum absolute atomic E-state index is 0.0546. The highest BCUT2D eigenvalue weighted by Crippen LogP contribution is 2.26. The number of aryl methyl sites for hydroxylation is 1. The molecule has 6 nitrogen and oxygen atoms in total. The van der Waals surface area contributed by atoms with Crippen LogP contribution in [0.1, 0.15) is 30.5 Å². The van der Waals surface area contributed by atoms with E-state index in [-0.39, 0.29) is 24.5 Å². The van der Waals surface area contributed by atoms with Crippen LogP contribution in [0.5, 0.6) is 11.5 Å². The van der Waals surface area contributed by atoms with Crippen molar-refractivity contribution in [3.05, 3.63) is 95.6 Å². The number of nitrogens with one attached hydrogen (secondary N) is 1. The maximum atomic E-state index is 13.6. The van der Waals surface area contributed by atoms with Gasteiger partial charge in [0, 0.05) is 19.0 Å². The molecule has 0 radical (unpaired) electrons. The van der Waals surface area contributed by atoms with E-state index in [1.54, 1.807) is 24.1 Å². The molecular weight excluding hydrogens is 440 g/mol. The van der Waals surface area contributed by atoms with Gasteiger partial charge in [0.1, 0.15) is 6.04 Å². The van der Waals surface area contributed by atoms with Gasteiger partial charge in [-0.15, -0.1) is 0 Å². The highest BCUT2D eigenvalue weighted by molar-refractivity contribution is 5.88. The fourth-order valence-corrected chi connectivity index (χ4v) is 3.87. The molecule has 3 rings (SSSR count). The lowest BCUT2D eigenvalue weighted by Crippen LogP contribution is -2.52. The summed E-state index contributed by atoms with van der Waals surface area (Å²) in [7, 11) is 1.56. The first-order chi connectivity index (χ1) is 16.9. The van der Waals surface area contributed by atoms with Crippen LogP contribution < -0.4 is 14.8 Å². The lowest BCUT2D eigenvalue weighted by molar-refractivity contribution is -0.143. The van der Waals surface area contributed by atoms with Crippen molar-refractivity contribution in [1.29, 1.82) is 0 Å². The predicted octanol–water partition coefficient (Wildman–Crippen LogP) is 4.55. The Morgan fingerprint density at radius 1 is 0.886 bits per heavy atom. The molecule has 6 heteroatoms. The van der Waals surface area contributed by atoms with E-state index in [1.165, 1.54) is 0 Å². The monoisotopic (exact) mass is 474 g/mol. The van der Waals surface area contributed by atoms with E-state index < -0.39 is 6.04 Å². The number of rotatable bonds is 11. The lowest BCUT2D eigenvalue weighted by atomic mass is 10.0. The molecule has 0 bridgehead atoms. The molecule has 0 saturated heterocycles. The SMILES string of the molecule is COc1ccccc1OCC(=O)N(Cc1ccccc1C)[C@H](Cc1ccccc1)C(=O)NC(C)C. The van der Waals surface area contributed by atoms with Crippen molar-refractivity contribution in [3.63, 3.8) is 0 Å². The van der Waals surface area contributed by atoms with Crippen molar-refractivity contribution < 1.29 is 19.1 Å². The van der Waals surface area contributed by atoms with Crippen molar-refractivity contribution in [3.8, 4) is 11.5 Å². The molecule has 0 aliphatic carbocycles. The van der Waals surface area contributed by atoms with Gasteiger partial charge >= 0.3 is 0 Å². The van der Waals surface area contributed by atoms with Crippen LogP contribution in [0, 0.1) is 6.92 Å². The molecule has 0 unspecified atom stereocenters. The number of hydrogen-bond donors (Lipinski definition) is 1. The molecule has 0 heterocycles. The Bertz CT molecular complexity index is 1110. The molecule has 3 aromatic rings. The Hall–Kier alpha value is -3.80. The Morgan fingerprint density at radius 3 is 2.17 bits per heavy atom. The van der Waals surface area contributed by atoms with Gasteiger partial charge in [0.2, 0.25) is 5.91 Å². The number of hydrogen-bond acceptors (Lipinski definition) is 4. The summed E-state index contributed by atoms with van der Waals surface area (Å²) < 4.78 is 11.2. The summed E-state index contributed by atoms with van der Waals surface area (Å²) in [5, 5.41) is 3.00. The molecule has 0 fully saturated rings. The fraction of sp³-hybridized carbons (Fsp3) is 0.310. The first-order valence-corrected chi connectivity index (χ1v) is 11.8. The van der Waals surface area contributed by atoms with Gasteiger partial charge in [0.25, 0.3) is 5.91 Å². The van der Waals surface area contributed by atoms with Crippen LogP contribution in [0.15, 0.2) is 78.9 Å². The van der Waals surface area contributed by atoms with Gasteiger partial charge in [-0.2, -0.15) is 0 Å². The van der Waals surface area contributed by atoms with Crippen LogP contribution in [0.4, 0.5) is 0 Å². The van der Waals surface area contributed by atoms with Gasteiger partial charge in [-0.05, 0) is 49.6 Å². The molecule has 1 atom stereocenters. The van der Waals surface area contributed by atoms with Crippen LogP contribution in [-0.2, 0) is 22.6 Å². The molecule has 35 heavy (non-hydrogen) atoms. The first kappa shape index (κ1) is 25.8. The number of carbonyl (C=O) groups excluding carboxylic acids is 2. The normalized spacial score (nSPS) is 11.6. The zero-order chi connectivity index (χ0) is 25.2. The molecule has 0 spiro atoms. The second-order valence-corrected chi connectivity index (χ2v) is 8.76. The van der Waals surface area contributed by atoms with Crippen molar-refractivity contribution in [1.82, 2.24) is 10.2 Å². The second-order valence-electron chi connectivity index (χ2n) is 8.76. The molecule has 184 valence electrons. The molecule has 0 aromatic heterocycles. The van der Waals surface area contributed by atoms with Crippen LogP contribution >= 0.6 is 0 Å². The van der Waals surface area contributed by atoms with Gasteiger partial charge in [-0.3, -0.25) is 9.59 Å². The molecule has 0 saturated carbocycles. The van der Waals surface area contributed by atoms with Crippen LogP contribution in [0.25, 0.3) is 0 Å². The zero-order valence-electron chi connectivity index (χ0n) is 20.9. The standard InChI is InChI=1S/C29H34N2O4/c1-21(2)30-29(33)25(18-23-13-6-5-7-14-23)31(19-24-15-9-8-12-22(24)3)28(32)20-35-27-17-11-10-16-26(27)34-4/h5-17,21,25H,18-20H2,1-4H3,(H,30,33)/t25-/m1/s1. The fourth-order valence-electron chi connectivity index (χ4n) is 3.87. The summed E-state index contributed by atoms with van der Waals surface area (Å²) in [6.45, 7) is 5.91. The van der Waals surface area contributed by atoms with E-state index in [2.05, 4.69) is 5.32 Å². The van der Waals surface area contributed by atoms with Gasteiger partial charge in [-0.1, -0.05) is 66.7 Å². The number of nitrogens with zero attached hydrogens (tertiary/aromatic N) is 1. The third-order valence-corrected chi connectivity index (χ3v) is 5.72. The maximum Gasteiger partial charge on any atom is 0.261 e. The van der Waals surface area contributed by atoms with E-state index in [4.69, 9.17) is 9.47 Å². The molecular formula is C29H34N2O4. The predicted molar refractivity (Wildman–Crippen MR) is 137 cm³/mol. The quantitative estimate of drug-likeness (QED) is 0.443. The third-order valence-electron chi connectivity index (χ3n) is 5.72. The molecule has 0 aliphatic rings. The van der Waals surface area contributed by atoms with Crippen LogP contribution in [0.3, 0.4) is 0 Å². The summed E-state index contributed by atoms with van der Waals surface area (Å²) >= 11 is 0. The second kappa shape index (κ2) is 12.6. The lowest BCUT2D eigenvalue weighted by Gasteiger charge is -2.32. The summed E-state index contributed by atoms with van der Waals surface area (Å²) in [5.41, 5.74) is 3.01. The van der Waals surface area contributed by atoms with E-state index in [0.717, 1.165) is 16.7 Å². The Morgan fingerprint density at radius 2 is 1.51 bits per heavy atom. The van der Waals surface area contributed by atoms with Crippen LogP contribution in [0.2, 0.25) is 0 Å². The Balaban J connectivity index is 1.93. The molecule has 1 N–H and O–H groups in total. The number of methoxy groups -OCH3 is 1. The zero-order valence-corrected chi connectivity index (χ0v) is 20.9. The highest BCUT2D eigenvalue weighted by Gasteiger charge is 2.31. The summed E-state index contributed by atoms with van der Waals surface area (Å²) in [5.74, 6) is 0.552. The number of benzene rings is 3. The average molecular weight is 475 g/mol. The summed E-state index contributed by atoms with van der Waals surface area (Å²) in [6.07, 6.45) is 0.395. The van der Waals surface area contributed by atoms with Crippen molar-refractivity contribution in [2.45, 2.75) is 45.8 Å². The summed E-state index contributed by atoms with van der Waals surface area (Å²) in [4.78, 5) is 28.6. The average Bonchev–Trinajstić information content (AvgIpc) is 2.86. The first-order valence-electron chi connectivity index (χ1n) is 11.8. The minimum atomic E-state index is -0.701. The number of para-hydroxylation sites is 2. The number of ether oxygens (including phenoxy) is 2. The van der Waals surface area contributed by atoms with Crippen molar-refractivity contribution in [2.24, 2.45) is 0 Å². The van der Waals surface area contributed by atoms with Gasteiger partial charge < -0.3 is 19.7 Å². The summed E-state index contributed by atoms with van der Waals surface area (Å²) in [6, 6.07) is 24.1. The van der Waals surface area contributed by atoms with Gasteiger partial charge in [0.15, 0.2) is 18.1 Å². The number of carbonyl (C=O) groups is 2.